The molecule has 100 valence electrons. The van der Waals surface area contributed by atoms with Gasteiger partial charge in [-0.25, -0.2) is 4.98 Å². The molecular formula is C15H19N3S. The van der Waals surface area contributed by atoms with Crippen LogP contribution in [0.25, 0.3) is 0 Å². The van der Waals surface area contributed by atoms with Gasteiger partial charge in [-0.3, -0.25) is 0 Å². The predicted molar refractivity (Wildman–Crippen MR) is 82.4 cm³/mol. The van der Waals surface area contributed by atoms with Gasteiger partial charge in [0.2, 0.25) is 0 Å². The number of aromatic nitrogens is 1. The van der Waals surface area contributed by atoms with Gasteiger partial charge in [0, 0.05) is 28.5 Å². The summed E-state index contributed by atoms with van der Waals surface area (Å²) in [6.45, 7) is 2.07. The van der Waals surface area contributed by atoms with Crippen LogP contribution in [-0.4, -0.2) is 17.8 Å². The van der Waals surface area contributed by atoms with Crippen LogP contribution in [0.5, 0.6) is 0 Å². The molecule has 0 radical (unpaired) electrons. The molecule has 0 aliphatic heterocycles. The van der Waals surface area contributed by atoms with Crippen molar-refractivity contribution in [2.75, 3.05) is 18.5 Å². The van der Waals surface area contributed by atoms with Crippen molar-refractivity contribution in [3.8, 4) is 0 Å². The average Bonchev–Trinajstić information content (AvgIpc) is 2.43. The Kier molecular flexibility index (Phi) is 4.82. The number of anilines is 1. The molecule has 0 bridgehead atoms. The van der Waals surface area contributed by atoms with Crippen molar-refractivity contribution in [1.82, 2.24) is 10.3 Å². The van der Waals surface area contributed by atoms with Crippen LogP contribution in [0, 0.1) is 6.92 Å². The minimum absolute atomic E-state index is 0.207. The zero-order valence-corrected chi connectivity index (χ0v) is 12.1. The van der Waals surface area contributed by atoms with E-state index in [-0.39, 0.29) is 6.04 Å². The molecule has 3 nitrogen and oxygen atoms in total. The highest BCUT2D eigenvalue weighted by Crippen LogP contribution is 2.28. The second-order valence-corrected chi connectivity index (χ2v) is 5.49. The van der Waals surface area contributed by atoms with Crippen LogP contribution in [0.3, 0.4) is 0 Å². The molecule has 0 saturated carbocycles. The summed E-state index contributed by atoms with van der Waals surface area (Å²) in [5.74, 6) is 1.55. The molecule has 4 heteroatoms. The lowest BCUT2D eigenvalue weighted by Crippen LogP contribution is -2.21. The summed E-state index contributed by atoms with van der Waals surface area (Å²) >= 11 is 1.82. The summed E-state index contributed by atoms with van der Waals surface area (Å²) in [7, 11) is 1.96. The third-order valence-corrected chi connectivity index (χ3v) is 4.20. The molecule has 1 atom stereocenters. The lowest BCUT2D eigenvalue weighted by atomic mass is 10.0. The van der Waals surface area contributed by atoms with Crippen LogP contribution in [0.15, 0.2) is 47.5 Å². The highest BCUT2D eigenvalue weighted by atomic mass is 32.2. The number of aryl methyl sites for hydroxylation is 1. The molecule has 19 heavy (non-hydrogen) atoms. The van der Waals surface area contributed by atoms with Crippen LogP contribution in [0.2, 0.25) is 0 Å². The quantitative estimate of drug-likeness (QED) is 0.822. The van der Waals surface area contributed by atoms with E-state index in [4.69, 9.17) is 5.73 Å². The van der Waals surface area contributed by atoms with E-state index in [9.17, 15) is 0 Å². The molecule has 1 aromatic carbocycles. The molecule has 3 N–H and O–H groups in total. The van der Waals surface area contributed by atoms with Crippen LogP contribution in [0.1, 0.15) is 17.2 Å². The van der Waals surface area contributed by atoms with Crippen molar-refractivity contribution in [3.05, 3.63) is 53.7 Å². The fourth-order valence-electron chi connectivity index (χ4n) is 2.05. The zero-order chi connectivity index (χ0) is 13.7. The highest BCUT2D eigenvalue weighted by molar-refractivity contribution is 7.99. The Morgan fingerprint density at radius 1 is 1.26 bits per heavy atom. The maximum Gasteiger partial charge on any atom is 0.128 e. The lowest BCUT2D eigenvalue weighted by molar-refractivity contribution is 0.657. The molecular weight excluding hydrogens is 254 g/mol. The molecule has 0 spiro atoms. The SMILES string of the molecule is CNC(CSc1ccccc1)c1c(C)ccnc1N. The number of rotatable bonds is 5. The predicted octanol–water partition coefficient (Wildman–Crippen LogP) is 3.03. The molecule has 1 unspecified atom stereocenters. The molecule has 2 rings (SSSR count). The van der Waals surface area contributed by atoms with Gasteiger partial charge in [-0.05, 0) is 37.7 Å². The maximum atomic E-state index is 6.01. The Bertz CT molecular complexity index is 508. The first-order valence-corrected chi connectivity index (χ1v) is 7.27. The summed E-state index contributed by atoms with van der Waals surface area (Å²) in [5.41, 5.74) is 8.29. The maximum absolute atomic E-state index is 6.01. The van der Waals surface area contributed by atoms with Crippen molar-refractivity contribution < 1.29 is 0 Å². The first-order chi connectivity index (χ1) is 9.22. The Morgan fingerprint density at radius 2 is 2.00 bits per heavy atom. The van der Waals surface area contributed by atoms with Crippen LogP contribution in [0.4, 0.5) is 5.82 Å². The second-order valence-electron chi connectivity index (χ2n) is 4.39. The van der Waals surface area contributed by atoms with Gasteiger partial charge in [0.25, 0.3) is 0 Å². The summed E-state index contributed by atoms with van der Waals surface area (Å²) in [6.07, 6.45) is 1.76. The lowest BCUT2D eigenvalue weighted by Gasteiger charge is -2.19. The highest BCUT2D eigenvalue weighted by Gasteiger charge is 2.15. The largest absolute Gasteiger partial charge is 0.383 e. The molecule has 1 aromatic heterocycles. The van der Waals surface area contributed by atoms with E-state index < -0.39 is 0 Å². The van der Waals surface area contributed by atoms with Gasteiger partial charge in [-0.2, -0.15) is 0 Å². The number of hydrogen-bond acceptors (Lipinski definition) is 4. The smallest absolute Gasteiger partial charge is 0.128 e. The summed E-state index contributed by atoms with van der Waals surface area (Å²) in [5, 5.41) is 3.33. The van der Waals surface area contributed by atoms with E-state index in [0.29, 0.717) is 5.82 Å². The Hall–Kier alpha value is -1.52. The Balaban J connectivity index is 2.12. The van der Waals surface area contributed by atoms with E-state index in [0.717, 1.165) is 11.3 Å². The van der Waals surface area contributed by atoms with E-state index in [1.165, 1.54) is 10.5 Å². The number of pyridine rings is 1. The number of nitrogens with two attached hydrogens (primary N) is 1. The Labute approximate surface area is 118 Å². The van der Waals surface area contributed by atoms with Crippen molar-refractivity contribution in [2.45, 2.75) is 17.9 Å². The minimum Gasteiger partial charge on any atom is -0.383 e. The minimum atomic E-state index is 0.207. The number of nitrogen functional groups attached to an aromatic ring is 1. The van der Waals surface area contributed by atoms with Crippen LogP contribution in [-0.2, 0) is 0 Å². The number of nitrogens with one attached hydrogen (secondary N) is 1. The fraction of sp³-hybridized carbons (Fsp3) is 0.267. The first kappa shape index (κ1) is 13.9. The number of hydrogen-bond donors (Lipinski definition) is 2. The van der Waals surface area contributed by atoms with Crippen molar-refractivity contribution in [2.24, 2.45) is 0 Å². The second kappa shape index (κ2) is 6.59. The molecule has 0 aliphatic carbocycles. The molecule has 2 aromatic rings. The third-order valence-electron chi connectivity index (χ3n) is 3.10. The van der Waals surface area contributed by atoms with Crippen molar-refractivity contribution >= 4 is 17.6 Å². The number of benzene rings is 1. The first-order valence-electron chi connectivity index (χ1n) is 6.28. The number of thioether (sulfide) groups is 1. The molecule has 1 heterocycles. The third kappa shape index (κ3) is 3.49. The molecule has 0 amide bonds. The number of nitrogens with zero attached hydrogens (tertiary/aromatic N) is 1. The summed E-state index contributed by atoms with van der Waals surface area (Å²) in [6, 6.07) is 12.6. The van der Waals surface area contributed by atoms with E-state index >= 15 is 0 Å². The van der Waals surface area contributed by atoms with Crippen LogP contribution >= 0.6 is 11.8 Å². The molecule has 0 fully saturated rings. The summed E-state index contributed by atoms with van der Waals surface area (Å²) in [4.78, 5) is 5.46. The van der Waals surface area contributed by atoms with Gasteiger partial charge in [0.05, 0.1) is 0 Å². The van der Waals surface area contributed by atoms with Gasteiger partial charge in [0.15, 0.2) is 0 Å². The molecule has 0 saturated heterocycles. The van der Waals surface area contributed by atoms with Crippen LogP contribution < -0.4 is 11.1 Å². The van der Waals surface area contributed by atoms with E-state index in [1.807, 2.05) is 30.9 Å². The normalized spacial score (nSPS) is 12.3. The topological polar surface area (TPSA) is 50.9 Å². The molecule has 0 aliphatic rings. The van der Waals surface area contributed by atoms with Gasteiger partial charge in [0.1, 0.15) is 5.82 Å². The van der Waals surface area contributed by atoms with Gasteiger partial charge in [-0.15, -0.1) is 11.8 Å². The average molecular weight is 273 g/mol. The van der Waals surface area contributed by atoms with Gasteiger partial charge >= 0.3 is 0 Å². The van der Waals surface area contributed by atoms with Gasteiger partial charge in [-0.1, -0.05) is 18.2 Å². The summed E-state index contributed by atoms with van der Waals surface area (Å²) < 4.78 is 0. The van der Waals surface area contributed by atoms with Crippen molar-refractivity contribution in [3.63, 3.8) is 0 Å². The standard InChI is InChI=1S/C15H19N3S/c1-11-8-9-18-15(16)14(11)13(17-2)10-19-12-6-4-3-5-7-12/h3-9,13,17H,10H2,1-2H3,(H2,16,18). The van der Waals surface area contributed by atoms with Crippen molar-refractivity contribution in [1.29, 1.82) is 0 Å². The monoisotopic (exact) mass is 273 g/mol. The van der Waals surface area contributed by atoms with E-state index in [1.54, 1.807) is 6.20 Å². The van der Waals surface area contributed by atoms with E-state index in [2.05, 4.69) is 41.5 Å². The Morgan fingerprint density at radius 3 is 2.63 bits per heavy atom. The van der Waals surface area contributed by atoms with Gasteiger partial charge < -0.3 is 11.1 Å². The fourth-order valence-corrected chi connectivity index (χ4v) is 3.09. The zero-order valence-electron chi connectivity index (χ0n) is 11.3.